The molecule has 6 heteroatoms. The van der Waals surface area contributed by atoms with Crippen LogP contribution in [0.3, 0.4) is 0 Å². The molecule has 3 rings (SSSR count). The molecule has 0 radical (unpaired) electrons. The van der Waals surface area contributed by atoms with Gasteiger partial charge in [0.25, 0.3) is 0 Å². The molecule has 2 aromatic heterocycles. The number of hydrogen-bond acceptors (Lipinski definition) is 2. The summed E-state index contributed by atoms with van der Waals surface area (Å²) >= 11 is 12.5. The summed E-state index contributed by atoms with van der Waals surface area (Å²) in [6.07, 6.45) is 4.79. The first-order chi connectivity index (χ1) is 10.1. The summed E-state index contributed by atoms with van der Waals surface area (Å²) in [5.74, 6) is 0.851. The Morgan fingerprint density at radius 3 is 2.81 bits per heavy atom. The molecule has 3 aromatic rings. The number of para-hydroxylation sites is 1. The second kappa shape index (κ2) is 5.70. The summed E-state index contributed by atoms with van der Waals surface area (Å²) in [4.78, 5) is 4.61. The fourth-order valence-corrected chi connectivity index (χ4v) is 2.89. The number of halogens is 2. The van der Waals surface area contributed by atoms with Gasteiger partial charge in [-0.3, -0.25) is 4.68 Å². The van der Waals surface area contributed by atoms with Crippen LogP contribution in [0.4, 0.5) is 0 Å². The van der Waals surface area contributed by atoms with Gasteiger partial charge in [0, 0.05) is 19.8 Å². The molecular weight excluding hydrogens is 307 g/mol. The van der Waals surface area contributed by atoms with Gasteiger partial charge in [-0.1, -0.05) is 17.7 Å². The lowest BCUT2D eigenvalue weighted by molar-refractivity contribution is 0.667. The predicted octanol–water partition coefficient (Wildman–Crippen LogP) is 3.97. The van der Waals surface area contributed by atoms with Crippen LogP contribution in [0.5, 0.6) is 0 Å². The van der Waals surface area contributed by atoms with E-state index in [2.05, 4.69) is 14.6 Å². The molecule has 0 aliphatic carbocycles. The van der Waals surface area contributed by atoms with Crippen LogP contribution in [0.25, 0.3) is 11.0 Å². The molecule has 0 amide bonds. The highest BCUT2D eigenvalue weighted by Crippen LogP contribution is 2.28. The van der Waals surface area contributed by atoms with Crippen molar-refractivity contribution >= 4 is 34.2 Å². The van der Waals surface area contributed by atoms with Gasteiger partial charge in [-0.2, -0.15) is 5.10 Å². The molecule has 0 spiro atoms. The van der Waals surface area contributed by atoms with Crippen molar-refractivity contribution in [2.24, 2.45) is 7.05 Å². The largest absolute Gasteiger partial charge is 0.326 e. The average molecular weight is 323 g/mol. The van der Waals surface area contributed by atoms with Gasteiger partial charge in [0.2, 0.25) is 0 Å². The number of hydrogen-bond donors (Lipinski definition) is 0. The molecule has 4 nitrogen and oxygen atoms in total. The maximum atomic E-state index is 6.28. The number of fused-ring (bicyclic) bond motifs is 1. The number of alkyl halides is 1. The highest BCUT2D eigenvalue weighted by atomic mass is 35.5. The highest BCUT2D eigenvalue weighted by molar-refractivity contribution is 6.35. The Kier molecular flexibility index (Phi) is 3.91. The van der Waals surface area contributed by atoms with Crippen LogP contribution in [-0.2, 0) is 20.0 Å². The fraction of sp³-hybridized carbons (Fsp3) is 0.333. The van der Waals surface area contributed by atoms with Gasteiger partial charge in [-0.25, -0.2) is 4.98 Å². The Morgan fingerprint density at radius 1 is 1.33 bits per heavy atom. The van der Waals surface area contributed by atoms with Gasteiger partial charge in [-0.05, 0) is 31.0 Å². The van der Waals surface area contributed by atoms with E-state index in [1.807, 2.05) is 49.2 Å². The molecule has 0 bridgehead atoms. The van der Waals surface area contributed by atoms with Crippen LogP contribution in [0.1, 0.15) is 23.7 Å². The third-order valence-corrected chi connectivity index (χ3v) is 4.00. The molecule has 110 valence electrons. The quantitative estimate of drug-likeness (QED) is 0.681. The molecule has 0 saturated carbocycles. The van der Waals surface area contributed by atoms with Gasteiger partial charge < -0.3 is 4.57 Å². The molecule has 0 aliphatic rings. The minimum atomic E-state index is -0.164. The minimum absolute atomic E-state index is 0.164. The van der Waals surface area contributed by atoms with Crippen LogP contribution in [-0.4, -0.2) is 19.3 Å². The maximum absolute atomic E-state index is 6.28. The standard InChI is InChI=1S/C15H16Cl2N4/c1-10(16)15-19-14-12(17)4-3-5-13(14)21(15)7-6-11-8-18-20(2)9-11/h3-5,8-10H,6-7H2,1-2H3. The fourth-order valence-electron chi connectivity index (χ4n) is 2.51. The highest BCUT2D eigenvalue weighted by Gasteiger charge is 2.16. The van der Waals surface area contributed by atoms with Crippen molar-refractivity contribution in [1.82, 2.24) is 19.3 Å². The van der Waals surface area contributed by atoms with Crippen molar-refractivity contribution in [3.8, 4) is 0 Å². The van der Waals surface area contributed by atoms with Crippen molar-refractivity contribution in [2.75, 3.05) is 0 Å². The molecule has 2 heterocycles. The number of benzene rings is 1. The maximum Gasteiger partial charge on any atom is 0.127 e. The predicted molar refractivity (Wildman–Crippen MR) is 85.9 cm³/mol. The summed E-state index contributed by atoms with van der Waals surface area (Å²) in [6.45, 7) is 2.73. The number of rotatable bonds is 4. The van der Waals surface area contributed by atoms with Gasteiger partial charge in [0.05, 0.1) is 22.1 Å². The molecule has 1 aromatic carbocycles. The van der Waals surface area contributed by atoms with E-state index < -0.39 is 0 Å². The van der Waals surface area contributed by atoms with Crippen LogP contribution >= 0.6 is 23.2 Å². The Hall–Kier alpha value is -1.52. The Morgan fingerprint density at radius 2 is 2.14 bits per heavy atom. The van der Waals surface area contributed by atoms with Crippen LogP contribution in [0.15, 0.2) is 30.6 Å². The third-order valence-electron chi connectivity index (χ3n) is 3.50. The first-order valence-corrected chi connectivity index (χ1v) is 7.64. The first-order valence-electron chi connectivity index (χ1n) is 6.82. The number of aryl methyl sites for hydroxylation is 3. The molecular formula is C15H16Cl2N4. The monoisotopic (exact) mass is 322 g/mol. The van der Waals surface area contributed by atoms with Crippen molar-refractivity contribution < 1.29 is 0 Å². The van der Waals surface area contributed by atoms with E-state index in [1.165, 1.54) is 5.56 Å². The smallest absolute Gasteiger partial charge is 0.127 e. The van der Waals surface area contributed by atoms with E-state index >= 15 is 0 Å². The first kappa shape index (κ1) is 14.4. The molecule has 21 heavy (non-hydrogen) atoms. The second-order valence-corrected chi connectivity index (χ2v) is 6.18. The summed E-state index contributed by atoms with van der Waals surface area (Å²) in [5.41, 5.74) is 3.02. The molecule has 0 saturated heterocycles. The summed E-state index contributed by atoms with van der Waals surface area (Å²) < 4.78 is 3.95. The van der Waals surface area contributed by atoms with Crippen molar-refractivity contribution in [3.05, 3.63) is 47.0 Å². The van der Waals surface area contributed by atoms with Crippen LogP contribution in [0, 0.1) is 0 Å². The van der Waals surface area contributed by atoms with E-state index in [0.717, 1.165) is 29.8 Å². The normalized spacial score (nSPS) is 13.0. The van der Waals surface area contributed by atoms with Gasteiger partial charge in [0.15, 0.2) is 0 Å². The molecule has 0 fully saturated rings. The Labute approximate surface area is 133 Å². The second-order valence-electron chi connectivity index (χ2n) is 5.12. The van der Waals surface area contributed by atoms with E-state index in [-0.39, 0.29) is 5.38 Å². The summed E-state index contributed by atoms with van der Waals surface area (Å²) in [6, 6.07) is 5.82. The topological polar surface area (TPSA) is 35.6 Å². The Bertz CT molecular complexity index is 773. The van der Waals surface area contributed by atoms with E-state index in [9.17, 15) is 0 Å². The van der Waals surface area contributed by atoms with Gasteiger partial charge >= 0.3 is 0 Å². The average Bonchev–Trinajstić information content (AvgIpc) is 3.01. The number of imidazole rings is 1. The summed E-state index contributed by atoms with van der Waals surface area (Å²) in [5, 5.41) is 4.69. The zero-order valence-electron chi connectivity index (χ0n) is 11.9. The minimum Gasteiger partial charge on any atom is -0.326 e. The lowest BCUT2D eigenvalue weighted by atomic mass is 10.2. The van der Waals surface area contributed by atoms with Gasteiger partial charge in [-0.15, -0.1) is 11.6 Å². The molecule has 0 aliphatic heterocycles. The van der Waals surface area contributed by atoms with E-state index in [1.54, 1.807) is 0 Å². The Balaban J connectivity index is 1.99. The zero-order valence-corrected chi connectivity index (χ0v) is 13.4. The SMILES string of the molecule is CC(Cl)c1nc2c(Cl)cccc2n1CCc1cnn(C)c1. The van der Waals surface area contributed by atoms with Gasteiger partial charge in [0.1, 0.15) is 11.3 Å². The van der Waals surface area contributed by atoms with Crippen molar-refractivity contribution in [1.29, 1.82) is 0 Å². The lowest BCUT2D eigenvalue weighted by Crippen LogP contribution is -2.06. The molecule has 0 N–H and O–H groups in total. The van der Waals surface area contributed by atoms with Crippen LogP contribution in [0.2, 0.25) is 5.02 Å². The van der Waals surface area contributed by atoms with Crippen molar-refractivity contribution in [3.63, 3.8) is 0 Å². The van der Waals surface area contributed by atoms with E-state index in [0.29, 0.717) is 5.02 Å². The number of aromatic nitrogens is 4. The van der Waals surface area contributed by atoms with Crippen LogP contribution < -0.4 is 0 Å². The van der Waals surface area contributed by atoms with E-state index in [4.69, 9.17) is 23.2 Å². The third kappa shape index (κ3) is 2.78. The molecule has 1 atom stereocenters. The summed E-state index contributed by atoms with van der Waals surface area (Å²) in [7, 11) is 1.92. The lowest BCUT2D eigenvalue weighted by Gasteiger charge is -2.09. The molecule has 1 unspecified atom stereocenters. The number of nitrogens with zero attached hydrogens (tertiary/aromatic N) is 4. The van der Waals surface area contributed by atoms with Crippen molar-refractivity contribution in [2.45, 2.75) is 25.3 Å². The zero-order chi connectivity index (χ0) is 15.0.